The van der Waals surface area contributed by atoms with Crippen LogP contribution in [0.1, 0.15) is 86.5 Å². The Labute approximate surface area is 147 Å². The van der Waals surface area contributed by atoms with Gasteiger partial charge in [0.15, 0.2) is 0 Å². The summed E-state index contributed by atoms with van der Waals surface area (Å²) in [6.45, 7) is 13.0. The Morgan fingerprint density at radius 1 is 0.833 bits per heavy atom. The molecule has 3 nitrogen and oxygen atoms in total. The summed E-state index contributed by atoms with van der Waals surface area (Å²) in [5, 5.41) is 3.40. The van der Waals surface area contributed by atoms with Gasteiger partial charge >= 0.3 is 0 Å². The van der Waals surface area contributed by atoms with Gasteiger partial charge in [-0.05, 0) is 55.8 Å². The predicted octanol–water partition coefficient (Wildman–Crippen LogP) is 4.49. The van der Waals surface area contributed by atoms with Gasteiger partial charge < -0.3 is 5.32 Å². The van der Waals surface area contributed by atoms with Crippen molar-refractivity contribution in [1.29, 1.82) is 0 Å². The molecule has 0 heterocycles. The molecule has 3 heteroatoms. The molecule has 0 radical (unpaired) electrons. The number of hydrogen-bond acceptors (Lipinski definition) is 2. The van der Waals surface area contributed by atoms with Gasteiger partial charge in [-0.1, -0.05) is 41.5 Å². The second-order valence-corrected chi connectivity index (χ2v) is 10.9. The van der Waals surface area contributed by atoms with Gasteiger partial charge in [-0.25, -0.2) is 0 Å². The third-order valence-corrected chi connectivity index (χ3v) is 7.43. The Hall–Kier alpha value is -0.860. The molecule has 0 saturated heterocycles. The van der Waals surface area contributed by atoms with Crippen LogP contribution in [0.5, 0.6) is 0 Å². The second kappa shape index (κ2) is 5.32. The molecule has 0 aromatic heterocycles. The number of amides is 1. The Morgan fingerprint density at radius 2 is 1.33 bits per heavy atom. The average molecular weight is 334 g/mol. The van der Waals surface area contributed by atoms with E-state index in [1.165, 1.54) is 19.3 Å². The van der Waals surface area contributed by atoms with Crippen LogP contribution in [0.4, 0.5) is 0 Å². The third kappa shape index (κ3) is 2.93. The summed E-state index contributed by atoms with van der Waals surface area (Å²) in [5.74, 6) is 0.284. The summed E-state index contributed by atoms with van der Waals surface area (Å²) in [5.41, 5.74) is 0.496. The van der Waals surface area contributed by atoms with E-state index in [-0.39, 0.29) is 34.5 Å². The largest absolute Gasteiger partial charge is 0.350 e. The van der Waals surface area contributed by atoms with Gasteiger partial charge in [0.05, 0.1) is 0 Å². The van der Waals surface area contributed by atoms with Crippen LogP contribution in [0.2, 0.25) is 0 Å². The average Bonchev–Trinajstić information content (AvgIpc) is 3.26. The minimum absolute atomic E-state index is 0.0159. The molecule has 4 aliphatic carbocycles. The molecule has 4 rings (SSSR count). The maximum absolute atomic E-state index is 12.7. The highest BCUT2D eigenvalue weighted by Crippen LogP contribution is 2.60. The van der Waals surface area contributed by atoms with E-state index >= 15 is 0 Å². The summed E-state index contributed by atoms with van der Waals surface area (Å²) in [6, 6.07) is 0. The van der Waals surface area contributed by atoms with E-state index in [0.717, 1.165) is 25.7 Å². The van der Waals surface area contributed by atoms with Crippen molar-refractivity contribution in [3.8, 4) is 0 Å². The second-order valence-electron chi connectivity index (χ2n) is 10.9. The van der Waals surface area contributed by atoms with Crippen LogP contribution in [0, 0.1) is 28.1 Å². The van der Waals surface area contributed by atoms with Gasteiger partial charge in [-0.3, -0.25) is 9.59 Å². The quantitative estimate of drug-likeness (QED) is 0.827. The van der Waals surface area contributed by atoms with E-state index in [2.05, 4.69) is 26.1 Å². The number of hydrogen-bond donors (Lipinski definition) is 1. The lowest BCUT2D eigenvalue weighted by Crippen LogP contribution is -2.59. The lowest BCUT2D eigenvalue weighted by atomic mass is 9.49. The molecular weight excluding hydrogens is 298 g/mol. The van der Waals surface area contributed by atoms with Crippen molar-refractivity contribution in [3.63, 3.8) is 0 Å². The molecule has 0 aromatic carbocycles. The minimum Gasteiger partial charge on any atom is -0.350 e. The highest BCUT2D eigenvalue weighted by Gasteiger charge is 2.56. The molecule has 2 bridgehead atoms. The summed E-state index contributed by atoms with van der Waals surface area (Å²) >= 11 is 0. The molecule has 0 unspecified atom stereocenters. The molecule has 0 aromatic rings. The van der Waals surface area contributed by atoms with Gasteiger partial charge in [0.1, 0.15) is 5.78 Å². The molecule has 136 valence electrons. The van der Waals surface area contributed by atoms with Crippen LogP contribution in [0.25, 0.3) is 0 Å². The van der Waals surface area contributed by atoms with Gasteiger partial charge in [0, 0.05) is 22.8 Å². The van der Waals surface area contributed by atoms with Gasteiger partial charge in [0.2, 0.25) is 5.91 Å². The Kier molecular flexibility index (Phi) is 3.98. The normalized spacial score (nSPS) is 38.8. The zero-order chi connectivity index (χ0) is 18.0. The van der Waals surface area contributed by atoms with Crippen molar-refractivity contribution >= 4 is 11.7 Å². The number of carbonyl (C=O) groups excluding carboxylic acids is 2. The molecule has 24 heavy (non-hydrogen) atoms. The fourth-order valence-corrected chi connectivity index (χ4v) is 5.18. The topological polar surface area (TPSA) is 46.2 Å². The number of carbonyl (C=O) groups is 2. The molecule has 4 fully saturated rings. The molecular formula is C21H35NO2. The van der Waals surface area contributed by atoms with Gasteiger partial charge in [0.25, 0.3) is 0 Å². The van der Waals surface area contributed by atoms with Gasteiger partial charge in [-0.15, -0.1) is 0 Å². The van der Waals surface area contributed by atoms with Crippen molar-refractivity contribution in [2.75, 3.05) is 0 Å². The van der Waals surface area contributed by atoms with Crippen molar-refractivity contribution in [1.82, 2.24) is 5.32 Å². The number of Topliss-reactive ketones (excluding diaryl/α,β-unsaturated/α-hetero) is 1. The van der Waals surface area contributed by atoms with Crippen LogP contribution < -0.4 is 5.32 Å². The van der Waals surface area contributed by atoms with Crippen molar-refractivity contribution in [3.05, 3.63) is 0 Å². The van der Waals surface area contributed by atoms with Crippen LogP contribution >= 0.6 is 0 Å². The fraction of sp³-hybridized carbons (Fsp3) is 0.905. The standard InChI is InChI=1S/C21H35NO2/c1-18(2,3)16(23)14-13-15(14)17(24)22-21-10-7-20(8-11-21,9-12-21)19(4,5)6/h14-15H,7-13H2,1-6H3,(H,22,24)/t14-,15+,20?,21?/m1/s1. The van der Waals surface area contributed by atoms with E-state index in [1.807, 2.05) is 20.8 Å². The highest BCUT2D eigenvalue weighted by atomic mass is 16.2. The molecule has 0 aliphatic heterocycles. The number of ketones is 1. The van der Waals surface area contributed by atoms with Crippen LogP contribution in [0.15, 0.2) is 0 Å². The molecule has 2 atom stereocenters. The van der Waals surface area contributed by atoms with Crippen LogP contribution in [-0.4, -0.2) is 17.2 Å². The Bertz CT molecular complexity index is 525. The first-order chi connectivity index (χ1) is 10.9. The lowest BCUT2D eigenvalue weighted by molar-refractivity contribution is -0.133. The van der Waals surface area contributed by atoms with E-state index in [4.69, 9.17) is 0 Å². The first kappa shape index (κ1) is 17.9. The monoisotopic (exact) mass is 333 g/mol. The summed E-state index contributed by atoms with van der Waals surface area (Å²) in [4.78, 5) is 25.1. The fourth-order valence-electron chi connectivity index (χ4n) is 5.18. The molecule has 1 amide bonds. The first-order valence-electron chi connectivity index (χ1n) is 9.76. The van der Waals surface area contributed by atoms with Crippen LogP contribution in [0.3, 0.4) is 0 Å². The number of nitrogens with one attached hydrogen (secondary N) is 1. The summed E-state index contributed by atoms with van der Waals surface area (Å²) in [6.07, 6.45) is 7.77. The van der Waals surface area contributed by atoms with Gasteiger partial charge in [-0.2, -0.15) is 0 Å². The van der Waals surface area contributed by atoms with Crippen molar-refractivity contribution in [2.45, 2.75) is 92.0 Å². The molecule has 4 aliphatic rings. The van der Waals surface area contributed by atoms with E-state index in [0.29, 0.717) is 10.8 Å². The molecule has 0 spiro atoms. The molecule has 1 N–H and O–H groups in total. The Balaban J connectivity index is 1.59. The lowest BCUT2D eigenvalue weighted by Gasteiger charge is -2.59. The number of rotatable bonds is 3. The zero-order valence-electron chi connectivity index (χ0n) is 16.4. The van der Waals surface area contributed by atoms with Crippen LogP contribution in [-0.2, 0) is 9.59 Å². The number of fused-ring (bicyclic) bond motifs is 3. The molecule has 4 saturated carbocycles. The van der Waals surface area contributed by atoms with Crippen molar-refractivity contribution in [2.24, 2.45) is 28.1 Å². The third-order valence-electron chi connectivity index (χ3n) is 7.43. The summed E-state index contributed by atoms with van der Waals surface area (Å²) in [7, 11) is 0. The summed E-state index contributed by atoms with van der Waals surface area (Å²) < 4.78 is 0. The van der Waals surface area contributed by atoms with E-state index < -0.39 is 0 Å². The van der Waals surface area contributed by atoms with E-state index in [9.17, 15) is 9.59 Å². The maximum Gasteiger partial charge on any atom is 0.224 e. The zero-order valence-corrected chi connectivity index (χ0v) is 16.4. The smallest absolute Gasteiger partial charge is 0.224 e. The van der Waals surface area contributed by atoms with Crippen molar-refractivity contribution < 1.29 is 9.59 Å². The first-order valence-corrected chi connectivity index (χ1v) is 9.76. The maximum atomic E-state index is 12.7. The SMILES string of the molecule is CC(C)(C)C(=O)[C@@H]1C[C@@H]1C(=O)NC12CCC(C(C)(C)C)(CC1)CC2. The van der Waals surface area contributed by atoms with E-state index in [1.54, 1.807) is 0 Å². The predicted molar refractivity (Wildman–Crippen MR) is 96.5 cm³/mol. The Morgan fingerprint density at radius 3 is 1.75 bits per heavy atom. The highest BCUT2D eigenvalue weighted by molar-refractivity contribution is 5.96. The minimum atomic E-state index is -0.333.